The standard InChI is InChI=1S/C15H17ClN2O2/c16-12-7-5-11(6-8-12)3-1-10-18-14(19)13-4-2-9-17(13)15(18)20/h5-8,13H,1-4,9-10H2. The minimum Gasteiger partial charge on any atom is -0.312 e. The summed E-state index contributed by atoms with van der Waals surface area (Å²) in [5, 5.41) is 0.722. The summed E-state index contributed by atoms with van der Waals surface area (Å²) in [6, 6.07) is 7.40. The van der Waals surface area contributed by atoms with Gasteiger partial charge >= 0.3 is 6.03 Å². The summed E-state index contributed by atoms with van der Waals surface area (Å²) in [6.07, 6.45) is 3.40. The molecule has 1 aromatic rings. The lowest BCUT2D eigenvalue weighted by Gasteiger charge is -2.15. The predicted molar refractivity (Wildman–Crippen MR) is 76.6 cm³/mol. The van der Waals surface area contributed by atoms with E-state index in [9.17, 15) is 9.59 Å². The number of hydrogen-bond donors (Lipinski definition) is 0. The Kier molecular flexibility index (Phi) is 3.66. The van der Waals surface area contributed by atoms with Gasteiger partial charge in [-0.2, -0.15) is 0 Å². The maximum atomic E-state index is 12.1. The molecule has 5 heteroatoms. The molecule has 4 nitrogen and oxygen atoms in total. The van der Waals surface area contributed by atoms with Crippen molar-refractivity contribution in [2.45, 2.75) is 31.7 Å². The van der Waals surface area contributed by atoms with E-state index in [1.165, 1.54) is 10.5 Å². The van der Waals surface area contributed by atoms with Gasteiger partial charge in [-0.15, -0.1) is 0 Å². The molecule has 0 saturated carbocycles. The van der Waals surface area contributed by atoms with Crippen molar-refractivity contribution in [3.05, 3.63) is 34.9 Å². The van der Waals surface area contributed by atoms with Gasteiger partial charge < -0.3 is 4.90 Å². The van der Waals surface area contributed by atoms with Gasteiger partial charge in [0.25, 0.3) is 5.91 Å². The molecule has 0 radical (unpaired) electrons. The van der Waals surface area contributed by atoms with Gasteiger partial charge in [-0.05, 0) is 43.4 Å². The SMILES string of the molecule is O=C1C2CCCN2C(=O)N1CCCc1ccc(Cl)cc1. The van der Waals surface area contributed by atoms with Crippen molar-refractivity contribution >= 4 is 23.5 Å². The molecular weight excluding hydrogens is 276 g/mol. The number of nitrogens with zero attached hydrogens (tertiary/aromatic N) is 2. The predicted octanol–water partition coefficient (Wildman–Crippen LogP) is 2.70. The largest absolute Gasteiger partial charge is 0.327 e. The summed E-state index contributed by atoms with van der Waals surface area (Å²) in [6.45, 7) is 1.23. The van der Waals surface area contributed by atoms with Gasteiger partial charge in [0.15, 0.2) is 0 Å². The van der Waals surface area contributed by atoms with Crippen LogP contribution in [-0.4, -0.2) is 40.9 Å². The van der Waals surface area contributed by atoms with Crippen LogP contribution >= 0.6 is 11.6 Å². The summed E-state index contributed by atoms with van der Waals surface area (Å²) in [4.78, 5) is 27.4. The number of fused-ring (bicyclic) bond motifs is 1. The van der Waals surface area contributed by atoms with Gasteiger partial charge in [-0.1, -0.05) is 23.7 Å². The molecule has 0 aliphatic carbocycles. The average Bonchev–Trinajstić information content (AvgIpc) is 3.00. The number of carbonyl (C=O) groups excluding carboxylic acids is 2. The maximum Gasteiger partial charge on any atom is 0.327 e. The van der Waals surface area contributed by atoms with Gasteiger partial charge in [0.1, 0.15) is 6.04 Å². The number of imide groups is 1. The average molecular weight is 293 g/mol. The molecule has 2 aliphatic rings. The van der Waals surface area contributed by atoms with E-state index in [0.717, 1.165) is 37.3 Å². The minimum atomic E-state index is -0.182. The lowest BCUT2D eigenvalue weighted by molar-refractivity contribution is -0.128. The van der Waals surface area contributed by atoms with E-state index in [1.54, 1.807) is 4.90 Å². The third-order valence-electron chi connectivity index (χ3n) is 4.04. The highest BCUT2D eigenvalue weighted by atomic mass is 35.5. The van der Waals surface area contributed by atoms with Crippen molar-refractivity contribution in [2.75, 3.05) is 13.1 Å². The number of aryl methyl sites for hydroxylation is 1. The van der Waals surface area contributed by atoms with Crippen LogP contribution in [0, 0.1) is 0 Å². The fourth-order valence-electron chi connectivity index (χ4n) is 2.98. The minimum absolute atomic E-state index is 0.0105. The van der Waals surface area contributed by atoms with Crippen molar-refractivity contribution < 1.29 is 9.59 Å². The maximum absolute atomic E-state index is 12.1. The number of carbonyl (C=O) groups is 2. The lowest BCUT2D eigenvalue weighted by Crippen LogP contribution is -2.34. The monoisotopic (exact) mass is 292 g/mol. The van der Waals surface area contributed by atoms with Crippen LogP contribution in [-0.2, 0) is 11.2 Å². The number of benzene rings is 1. The van der Waals surface area contributed by atoms with Gasteiger partial charge in [-0.25, -0.2) is 4.79 Å². The Hall–Kier alpha value is -1.55. The van der Waals surface area contributed by atoms with E-state index >= 15 is 0 Å². The summed E-state index contributed by atoms with van der Waals surface area (Å²) >= 11 is 5.84. The highest BCUT2D eigenvalue weighted by Gasteiger charge is 2.46. The van der Waals surface area contributed by atoms with Gasteiger partial charge in [0.05, 0.1) is 0 Å². The highest BCUT2D eigenvalue weighted by molar-refractivity contribution is 6.30. The van der Waals surface area contributed by atoms with Crippen LogP contribution in [0.4, 0.5) is 4.79 Å². The Bertz CT molecular complexity index is 507. The quantitative estimate of drug-likeness (QED) is 0.801. The molecule has 0 aromatic heterocycles. The fourth-order valence-corrected chi connectivity index (χ4v) is 3.11. The molecule has 0 N–H and O–H groups in total. The first-order valence-corrected chi connectivity index (χ1v) is 7.41. The molecule has 2 saturated heterocycles. The first kappa shape index (κ1) is 13.4. The van der Waals surface area contributed by atoms with Gasteiger partial charge in [0, 0.05) is 18.1 Å². The van der Waals surface area contributed by atoms with Gasteiger partial charge in [-0.3, -0.25) is 9.69 Å². The molecule has 2 aliphatic heterocycles. The molecule has 1 aromatic carbocycles. The summed E-state index contributed by atoms with van der Waals surface area (Å²) in [7, 11) is 0. The fraction of sp³-hybridized carbons (Fsp3) is 0.467. The van der Waals surface area contributed by atoms with Gasteiger partial charge in [0.2, 0.25) is 0 Å². The second-order valence-electron chi connectivity index (χ2n) is 5.35. The zero-order chi connectivity index (χ0) is 14.1. The number of hydrogen-bond acceptors (Lipinski definition) is 2. The van der Waals surface area contributed by atoms with E-state index < -0.39 is 0 Å². The van der Waals surface area contributed by atoms with E-state index in [1.807, 2.05) is 24.3 Å². The van der Waals surface area contributed by atoms with Crippen LogP contribution < -0.4 is 0 Å². The Morgan fingerprint density at radius 2 is 1.95 bits per heavy atom. The third-order valence-corrected chi connectivity index (χ3v) is 4.29. The van der Waals surface area contributed by atoms with E-state index in [4.69, 9.17) is 11.6 Å². The smallest absolute Gasteiger partial charge is 0.312 e. The molecule has 2 heterocycles. The molecule has 2 fully saturated rings. The molecule has 3 amide bonds. The van der Waals surface area contributed by atoms with Crippen molar-refractivity contribution in [2.24, 2.45) is 0 Å². The van der Waals surface area contributed by atoms with Crippen LogP contribution in [0.2, 0.25) is 5.02 Å². The Morgan fingerprint density at radius 3 is 2.65 bits per heavy atom. The second-order valence-corrected chi connectivity index (χ2v) is 5.79. The number of halogens is 1. The third kappa shape index (κ3) is 2.40. The first-order chi connectivity index (χ1) is 9.66. The highest BCUT2D eigenvalue weighted by Crippen LogP contribution is 2.27. The summed E-state index contributed by atoms with van der Waals surface area (Å²) in [5.41, 5.74) is 1.17. The molecule has 20 heavy (non-hydrogen) atoms. The molecule has 106 valence electrons. The first-order valence-electron chi connectivity index (χ1n) is 7.03. The Balaban J connectivity index is 1.55. The van der Waals surface area contributed by atoms with Crippen molar-refractivity contribution in [1.82, 2.24) is 9.80 Å². The molecule has 1 atom stereocenters. The number of rotatable bonds is 4. The molecule has 1 unspecified atom stereocenters. The van der Waals surface area contributed by atoms with Crippen LogP contribution in [0.15, 0.2) is 24.3 Å². The van der Waals surface area contributed by atoms with Crippen molar-refractivity contribution in [3.8, 4) is 0 Å². The topological polar surface area (TPSA) is 40.6 Å². The van der Waals surface area contributed by atoms with Crippen molar-refractivity contribution in [1.29, 1.82) is 0 Å². The number of amides is 3. The van der Waals surface area contributed by atoms with Crippen LogP contribution in [0.5, 0.6) is 0 Å². The van der Waals surface area contributed by atoms with E-state index in [0.29, 0.717) is 6.54 Å². The van der Waals surface area contributed by atoms with E-state index in [-0.39, 0.29) is 18.0 Å². The zero-order valence-corrected chi connectivity index (χ0v) is 12.0. The Morgan fingerprint density at radius 1 is 1.20 bits per heavy atom. The number of urea groups is 1. The summed E-state index contributed by atoms with van der Waals surface area (Å²) < 4.78 is 0. The molecular formula is C15H17ClN2O2. The second kappa shape index (κ2) is 5.44. The van der Waals surface area contributed by atoms with Crippen LogP contribution in [0.1, 0.15) is 24.8 Å². The Labute approximate surface area is 123 Å². The van der Waals surface area contributed by atoms with Crippen LogP contribution in [0.25, 0.3) is 0 Å². The summed E-state index contributed by atoms with van der Waals surface area (Å²) in [5.74, 6) is -0.0105. The molecule has 0 bridgehead atoms. The molecule has 0 spiro atoms. The normalized spacial score (nSPS) is 21.8. The zero-order valence-electron chi connectivity index (χ0n) is 11.2. The lowest BCUT2D eigenvalue weighted by atomic mass is 10.1. The molecule has 3 rings (SSSR count). The van der Waals surface area contributed by atoms with E-state index in [2.05, 4.69) is 0 Å². The van der Waals surface area contributed by atoms with Crippen molar-refractivity contribution in [3.63, 3.8) is 0 Å². The van der Waals surface area contributed by atoms with Crippen LogP contribution in [0.3, 0.4) is 0 Å².